The Hall–Kier alpha value is -3.18. The Morgan fingerprint density at radius 3 is 2.70 bits per heavy atom. The molecular weight excluding hydrogens is 424 g/mol. The van der Waals surface area contributed by atoms with E-state index in [0.29, 0.717) is 29.2 Å². The van der Waals surface area contributed by atoms with Crippen LogP contribution in [0.15, 0.2) is 41.5 Å². The Morgan fingerprint density at radius 2 is 1.91 bits per heavy atom. The molecule has 170 valence electrons. The minimum Gasteiger partial charge on any atom is -0.394 e. The highest BCUT2D eigenvalue weighted by Gasteiger charge is 2.48. The van der Waals surface area contributed by atoms with Gasteiger partial charge in [0.2, 0.25) is 5.95 Å². The number of nitrogens with one attached hydrogen (secondary N) is 2. The first-order valence-electron chi connectivity index (χ1n) is 11.1. The van der Waals surface area contributed by atoms with Crippen LogP contribution in [0.4, 0.5) is 23.1 Å². The van der Waals surface area contributed by atoms with Crippen molar-refractivity contribution in [1.82, 2.24) is 15.0 Å². The van der Waals surface area contributed by atoms with E-state index in [-0.39, 0.29) is 6.61 Å². The zero-order valence-corrected chi connectivity index (χ0v) is 17.7. The van der Waals surface area contributed by atoms with Crippen LogP contribution >= 0.6 is 0 Å². The summed E-state index contributed by atoms with van der Waals surface area (Å²) in [6, 6.07) is 10.1. The number of aromatic nitrogens is 3. The molecule has 3 aliphatic rings. The van der Waals surface area contributed by atoms with Crippen LogP contribution in [-0.4, -0.2) is 73.6 Å². The predicted octanol–water partition coefficient (Wildman–Crippen LogP) is 1.62. The maximum atomic E-state index is 10.6. The summed E-state index contributed by atoms with van der Waals surface area (Å²) >= 11 is 0. The number of ether oxygens (including phenoxy) is 1. The molecule has 1 saturated carbocycles. The molecule has 1 saturated heterocycles. The number of rotatable bonds is 6. The fourth-order valence-corrected chi connectivity index (χ4v) is 4.43. The van der Waals surface area contributed by atoms with Gasteiger partial charge in [0.25, 0.3) is 0 Å². The third-order valence-corrected chi connectivity index (χ3v) is 6.32. The summed E-state index contributed by atoms with van der Waals surface area (Å²) in [6.07, 6.45) is 1.56. The quantitative estimate of drug-likeness (QED) is 0.380. The van der Waals surface area contributed by atoms with Gasteiger partial charge in [-0.05, 0) is 25.0 Å². The molecular formula is C23H24N6O4. The Balaban J connectivity index is 1.38. The number of aliphatic imine (C=N–C) groups is 1. The lowest BCUT2D eigenvalue weighted by molar-refractivity contribution is -0.0237. The Kier molecular flexibility index (Phi) is 4.95. The summed E-state index contributed by atoms with van der Waals surface area (Å²) in [6.45, 7) is -0.384. The van der Waals surface area contributed by atoms with E-state index in [1.54, 1.807) is 12.4 Å². The highest BCUT2D eigenvalue weighted by Crippen LogP contribution is 2.43. The third-order valence-electron chi connectivity index (χ3n) is 6.32. The summed E-state index contributed by atoms with van der Waals surface area (Å²) in [5, 5.41) is 38.0. The van der Waals surface area contributed by atoms with E-state index in [2.05, 4.69) is 25.6 Å². The van der Waals surface area contributed by atoms with E-state index < -0.39 is 30.3 Å². The van der Waals surface area contributed by atoms with Crippen molar-refractivity contribution in [1.29, 1.82) is 0 Å². The SMILES string of the molecule is OCC1OC(C2C=Nc3c(NC4CC4)nc(Nc4cccc5cccnc45)nc32)C(O)C1O. The summed E-state index contributed by atoms with van der Waals surface area (Å²) in [5.41, 5.74) is 2.77. The van der Waals surface area contributed by atoms with Crippen molar-refractivity contribution in [2.24, 2.45) is 4.99 Å². The van der Waals surface area contributed by atoms with Crippen molar-refractivity contribution >= 4 is 40.3 Å². The van der Waals surface area contributed by atoms with Crippen molar-refractivity contribution in [2.75, 3.05) is 17.2 Å². The topological polar surface area (TPSA) is 145 Å². The molecule has 0 spiro atoms. The van der Waals surface area contributed by atoms with Crippen molar-refractivity contribution in [2.45, 2.75) is 49.2 Å². The molecule has 10 nitrogen and oxygen atoms in total. The highest BCUT2D eigenvalue weighted by molar-refractivity contribution is 5.92. The summed E-state index contributed by atoms with van der Waals surface area (Å²) in [4.78, 5) is 18.4. The molecule has 4 heterocycles. The Labute approximate surface area is 189 Å². The number of para-hydroxylation sites is 1. The van der Waals surface area contributed by atoms with Gasteiger partial charge >= 0.3 is 0 Å². The predicted molar refractivity (Wildman–Crippen MR) is 122 cm³/mol. The minimum atomic E-state index is -1.18. The van der Waals surface area contributed by atoms with E-state index in [1.165, 1.54) is 0 Å². The first-order valence-corrected chi connectivity index (χ1v) is 11.1. The van der Waals surface area contributed by atoms with E-state index in [4.69, 9.17) is 9.72 Å². The van der Waals surface area contributed by atoms with Gasteiger partial charge in [-0.3, -0.25) is 9.98 Å². The van der Waals surface area contributed by atoms with Crippen molar-refractivity contribution in [3.63, 3.8) is 0 Å². The molecule has 2 aromatic heterocycles. The van der Waals surface area contributed by atoms with Crippen LogP contribution in [0.2, 0.25) is 0 Å². The number of aliphatic hydroxyl groups excluding tert-OH is 3. The van der Waals surface area contributed by atoms with Crippen LogP contribution in [-0.2, 0) is 4.74 Å². The zero-order chi connectivity index (χ0) is 22.5. The maximum absolute atomic E-state index is 10.6. The Morgan fingerprint density at radius 1 is 1.06 bits per heavy atom. The van der Waals surface area contributed by atoms with Gasteiger partial charge < -0.3 is 30.7 Å². The summed E-state index contributed by atoms with van der Waals surface area (Å²) < 4.78 is 5.77. The summed E-state index contributed by atoms with van der Waals surface area (Å²) in [7, 11) is 0. The smallest absolute Gasteiger partial charge is 0.229 e. The molecule has 5 atom stereocenters. The lowest BCUT2D eigenvalue weighted by Gasteiger charge is -2.21. The molecule has 33 heavy (non-hydrogen) atoms. The van der Waals surface area contributed by atoms with Gasteiger partial charge in [-0.1, -0.05) is 18.2 Å². The normalized spacial score (nSPS) is 28.3. The van der Waals surface area contributed by atoms with Crippen molar-refractivity contribution < 1.29 is 20.1 Å². The standard InChI is InChI=1S/C23H24N6O4/c30-10-15-19(31)20(32)21(33-15)13-9-25-18-17(13)28-23(29-22(18)26-12-6-7-12)27-14-5-1-3-11-4-2-8-24-16(11)14/h1-5,8-9,12-13,15,19-21,30-32H,6-7,10H2,(H2,26,27,28,29). The molecule has 0 radical (unpaired) electrons. The fourth-order valence-electron chi connectivity index (χ4n) is 4.43. The number of nitrogens with zero attached hydrogens (tertiary/aromatic N) is 4. The number of benzene rings is 1. The number of fused-ring (bicyclic) bond motifs is 2. The monoisotopic (exact) mass is 448 g/mol. The largest absolute Gasteiger partial charge is 0.394 e. The van der Waals surface area contributed by atoms with E-state index in [1.807, 2.05) is 30.3 Å². The second-order valence-corrected chi connectivity index (χ2v) is 8.66. The van der Waals surface area contributed by atoms with Gasteiger partial charge in [-0.15, -0.1) is 0 Å². The number of hydrogen-bond acceptors (Lipinski definition) is 10. The van der Waals surface area contributed by atoms with Crippen LogP contribution in [0.3, 0.4) is 0 Å². The molecule has 3 aromatic rings. The van der Waals surface area contributed by atoms with E-state index in [0.717, 1.165) is 29.4 Å². The van der Waals surface area contributed by atoms with Crippen LogP contribution in [0.25, 0.3) is 10.9 Å². The van der Waals surface area contributed by atoms with Crippen LogP contribution in [0.5, 0.6) is 0 Å². The van der Waals surface area contributed by atoms with Crippen molar-refractivity contribution in [3.05, 3.63) is 42.2 Å². The molecule has 2 fully saturated rings. The lowest BCUT2D eigenvalue weighted by atomic mass is 9.94. The molecule has 5 unspecified atom stereocenters. The van der Waals surface area contributed by atoms with Gasteiger partial charge in [-0.25, -0.2) is 4.98 Å². The second kappa shape index (κ2) is 7.99. The lowest BCUT2D eigenvalue weighted by Crippen LogP contribution is -2.36. The van der Waals surface area contributed by atoms with E-state index >= 15 is 0 Å². The fraction of sp³-hybridized carbons (Fsp3) is 0.391. The van der Waals surface area contributed by atoms with Crippen LogP contribution in [0, 0.1) is 0 Å². The number of pyridine rings is 1. The maximum Gasteiger partial charge on any atom is 0.229 e. The number of anilines is 3. The third kappa shape index (κ3) is 3.61. The van der Waals surface area contributed by atoms with Gasteiger partial charge in [0, 0.05) is 23.8 Å². The average molecular weight is 448 g/mol. The molecule has 0 amide bonds. The molecule has 1 aromatic carbocycles. The Bertz CT molecular complexity index is 1230. The number of hydrogen-bond donors (Lipinski definition) is 5. The van der Waals surface area contributed by atoms with Gasteiger partial charge in [0.1, 0.15) is 30.1 Å². The molecule has 1 aliphatic carbocycles. The average Bonchev–Trinajstić information content (AvgIpc) is 3.48. The first kappa shape index (κ1) is 20.4. The van der Waals surface area contributed by atoms with Gasteiger partial charge in [0.15, 0.2) is 5.82 Å². The van der Waals surface area contributed by atoms with Crippen molar-refractivity contribution in [3.8, 4) is 0 Å². The number of aliphatic hydroxyl groups is 3. The van der Waals surface area contributed by atoms with E-state index in [9.17, 15) is 15.3 Å². The summed E-state index contributed by atoms with van der Waals surface area (Å²) in [5.74, 6) is 0.496. The minimum absolute atomic E-state index is 0.347. The van der Waals surface area contributed by atoms with Gasteiger partial charge in [-0.2, -0.15) is 4.98 Å². The zero-order valence-electron chi connectivity index (χ0n) is 17.7. The molecule has 5 N–H and O–H groups in total. The molecule has 10 heteroatoms. The highest BCUT2D eigenvalue weighted by atomic mass is 16.6. The van der Waals surface area contributed by atoms with Gasteiger partial charge in [0.05, 0.1) is 29.4 Å². The molecule has 0 bridgehead atoms. The van der Waals surface area contributed by atoms with Crippen LogP contribution in [0.1, 0.15) is 24.5 Å². The molecule has 6 rings (SSSR count). The second-order valence-electron chi connectivity index (χ2n) is 8.66. The van der Waals surface area contributed by atoms with Crippen LogP contribution < -0.4 is 10.6 Å². The molecule has 2 aliphatic heterocycles. The first-order chi connectivity index (χ1) is 16.1.